The molecule has 1 rings (SSSR count). The van der Waals surface area contributed by atoms with Crippen LogP contribution in [0.2, 0.25) is 0 Å². The predicted molar refractivity (Wildman–Crippen MR) is 68.7 cm³/mol. The van der Waals surface area contributed by atoms with Crippen LogP contribution >= 0.6 is 0 Å². The molecule has 1 N–H and O–H groups in total. The van der Waals surface area contributed by atoms with Crippen molar-refractivity contribution in [2.24, 2.45) is 5.92 Å². The van der Waals surface area contributed by atoms with Crippen LogP contribution in [0.1, 0.15) is 19.8 Å². The van der Waals surface area contributed by atoms with E-state index in [1.165, 1.54) is 0 Å². The van der Waals surface area contributed by atoms with E-state index < -0.39 is 0 Å². The van der Waals surface area contributed by atoms with Gasteiger partial charge in [-0.1, -0.05) is 6.92 Å². The van der Waals surface area contributed by atoms with E-state index in [1.54, 1.807) is 0 Å². The summed E-state index contributed by atoms with van der Waals surface area (Å²) in [5, 5.41) is 20.7. The highest BCUT2D eigenvalue weighted by atomic mass is 16.5. The molecule has 0 amide bonds. The fourth-order valence-corrected chi connectivity index (χ4v) is 2.06. The number of rotatable bonds is 7. The average Bonchev–Trinajstić information content (AvgIpc) is 2.43. The van der Waals surface area contributed by atoms with Crippen LogP contribution in [0.4, 0.5) is 0 Å². The van der Waals surface area contributed by atoms with Gasteiger partial charge < -0.3 is 10.1 Å². The Morgan fingerprint density at radius 2 is 2.33 bits per heavy atom. The predicted octanol–water partition coefficient (Wildman–Crippen LogP) is 0.740. The van der Waals surface area contributed by atoms with E-state index >= 15 is 0 Å². The van der Waals surface area contributed by atoms with Crippen molar-refractivity contribution in [3.8, 4) is 12.1 Å². The van der Waals surface area contributed by atoms with Gasteiger partial charge in [0.1, 0.15) is 0 Å². The van der Waals surface area contributed by atoms with E-state index in [4.69, 9.17) is 15.3 Å². The van der Waals surface area contributed by atoms with Crippen LogP contribution in [0.25, 0.3) is 0 Å². The van der Waals surface area contributed by atoms with Gasteiger partial charge in [-0.2, -0.15) is 10.5 Å². The number of hydrogen-bond donors (Lipinski definition) is 1. The summed E-state index contributed by atoms with van der Waals surface area (Å²) < 4.78 is 5.67. The van der Waals surface area contributed by atoms with E-state index in [1.807, 2.05) is 0 Å². The standard InChI is InChI=1S/C13H22N4O/c1-2-17-6-7-18-13(11-17)10-16-9-12(8-15)4-3-5-14/h12-13,16H,2-4,6-7,9-11H2,1H3/t12-,13+/m1/s1. The van der Waals surface area contributed by atoms with E-state index in [0.717, 1.165) is 32.8 Å². The number of nitriles is 2. The Bertz CT molecular complexity index is 307. The summed E-state index contributed by atoms with van der Waals surface area (Å²) in [7, 11) is 0. The highest BCUT2D eigenvalue weighted by Gasteiger charge is 2.19. The second-order valence-electron chi connectivity index (χ2n) is 4.57. The first kappa shape index (κ1) is 14.9. The smallest absolute Gasteiger partial charge is 0.0826 e. The molecule has 0 bridgehead atoms. The van der Waals surface area contributed by atoms with Crippen molar-refractivity contribution in [1.82, 2.24) is 10.2 Å². The molecule has 1 fully saturated rings. The molecule has 1 aliphatic heterocycles. The topological polar surface area (TPSA) is 72.1 Å². The largest absolute Gasteiger partial charge is 0.374 e. The van der Waals surface area contributed by atoms with Crippen LogP contribution in [0, 0.1) is 28.6 Å². The summed E-state index contributed by atoms with van der Waals surface area (Å²) >= 11 is 0. The average molecular weight is 250 g/mol. The number of nitrogens with one attached hydrogen (secondary N) is 1. The molecular formula is C13H22N4O. The first-order valence-electron chi connectivity index (χ1n) is 6.61. The molecule has 0 spiro atoms. The Labute approximate surface area is 109 Å². The van der Waals surface area contributed by atoms with Crippen LogP contribution in [0.3, 0.4) is 0 Å². The maximum atomic E-state index is 8.93. The Kier molecular flexibility index (Phi) is 7.36. The lowest BCUT2D eigenvalue weighted by Crippen LogP contribution is -2.46. The van der Waals surface area contributed by atoms with Crippen LogP contribution in [0.5, 0.6) is 0 Å². The van der Waals surface area contributed by atoms with Gasteiger partial charge in [0.2, 0.25) is 0 Å². The van der Waals surface area contributed by atoms with Gasteiger partial charge in [0, 0.05) is 32.6 Å². The summed E-state index contributed by atoms with van der Waals surface area (Å²) in [4.78, 5) is 2.37. The number of nitrogens with zero attached hydrogens (tertiary/aromatic N) is 3. The third-order valence-corrected chi connectivity index (χ3v) is 3.22. The number of likely N-dealkylation sites (N-methyl/N-ethyl adjacent to an activating group) is 1. The second kappa shape index (κ2) is 8.88. The van der Waals surface area contributed by atoms with Gasteiger partial charge in [-0.3, -0.25) is 4.90 Å². The molecule has 0 aromatic heterocycles. The van der Waals surface area contributed by atoms with Gasteiger partial charge in [-0.15, -0.1) is 0 Å². The zero-order valence-electron chi connectivity index (χ0n) is 11.1. The van der Waals surface area contributed by atoms with E-state index in [0.29, 0.717) is 19.4 Å². The van der Waals surface area contributed by atoms with Crippen molar-refractivity contribution < 1.29 is 4.74 Å². The first-order chi connectivity index (χ1) is 8.80. The van der Waals surface area contributed by atoms with Crippen molar-refractivity contribution in [1.29, 1.82) is 10.5 Å². The molecule has 0 aromatic rings. The lowest BCUT2D eigenvalue weighted by atomic mass is 10.1. The molecule has 0 aliphatic carbocycles. The summed E-state index contributed by atoms with van der Waals surface area (Å²) in [6.45, 7) is 7.39. The molecule has 0 saturated carbocycles. The number of morpholine rings is 1. The molecule has 1 saturated heterocycles. The second-order valence-corrected chi connectivity index (χ2v) is 4.57. The lowest BCUT2D eigenvalue weighted by Gasteiger charge is -2.32. The van der Waals surface area contributed by atoms with Gasteiger partial charge >= 0.3 is 0 Å². The fourth-order valence-electron chi connectivity index (χ4n) is 2.06. The number of hydrogen-bond acceptors (Lipinski definition) is 5. The van der Waals surface area contributed by atoms with E-state index in [2.05, 4.69) is 29.3 Å². The lowest BCUT2D eigenvalue weighted by molar-refractivity contribution is -0.0253. The third-order valence-electron chi connectivity index (χ3n) is 3.22. The third kappa shape index (κ3) is 5.46. The minimum absolute atomic E-state index is 0.0736. The van der Waals surface area contributed by atoms with Gasteiger partial charge in [-0.25, -0.2) is 0 Å². The maximum absolute atomic E-state index is 8.93. The molecule has 5 nitrogen and oxygen atoms in total. The molecule has 0 unspecified atom stereocenters. The molecule has 2 atom stereocenters. The molecular weight excluding hydrogens is 228 g/mol. The minimum Gasteiger partial charge on any atom is -0.374 e. The highest BCUT2D eigenvalue weighted by molar-refractivity contribution is 4.87. The summed E-state index contributed by atoms with van der Waals surface area (Å²) in [6, 6.07) is 4.31. The summed E-state index contributed by atoms with van der Waals surface area (Å²) in [6.07, 6.45) is 1.31. The highest BCUT2D eigenvalue weighted by Crippen LogP contribution is 2.05. The Balaban J connectivity index is 2.16. The molecule has 1 aliphatic rings. The number of ether oxygens (including phenoxy) is 1. The molecule has 100 valence electrons. The zero-order chi connectivity index (χ0) is 13.2. The SMILES string of the molecule is CCN1CCO[C@@H](CNC[C@@H](C#N)CCC#N)C1. The van der Waals surface area contributed by atoms with Crippen molar-refractivity contribution in [2.75, 3.05) is 39.3 Å². The zero-order valence-corrected chi connectivity index (χ0v) is 11.1. The van der Waals surface area contributed by atoms with Crippen LogP contribution in [-0.2, 0) is 4.74 Å². The van der Waals surface area contributed by atoms with Gasteiger partial charge in [-0.05, 0) is 13.0 Å². The van der Waals surface area contributed by atoms with Crippen molar-refractivity contribution in [3.63, 3.8) is 0 Å². The molecule has 1 heterocycles. The fraction of sp³-hybridized carbons (Fsp3) is 0.846. The summed E-state index contributed by atoms with van der Waals surface area (Å²) in [5.74, 6) is -0.0736. The first-order valence-corrected chi connectivity index (χ1v) is 6.61. The van der Waals surface area contributed by atoms with E-state index in [-0.39, 0.29) is 12.0 Å². The minimum atomic E-state index is -0.0736. The van der Waals surface area contributed by atoms with Gasteiger partial charge in [0.25, 0.3) is 0 Å². The van der Waals surface area contributed by atoms with Crippen LogP contribution in [0.15, 0.2) is 0 Å². The van der Waals surface area contributed by atoms with Crippen LogP contribution < -0.4 is 5.32 Å². The normalized spacial score (nSPS) is 22.1. The monoisotopic (exact) mass is 250 g/mol. The Hall–Kier alpha value is -1.14. The van der Waals surface area contributed by atoms with Gasteiger partial charge in [0.15, 0.2) is 0 Å². The Morgan fingerprint density at radius 3 is 3.00 bits per heavy atom. The molecule has 5 heteroatoms. The molecule has 0 aromatic carbocycles. The quantitative estimate of drug-likeness (QED) is 0.721. The van der Waals surface area contributed by atoms with Crippen molar-refractivity contribution in [3.05, 3.63) is 0 Å². The van der Waals surface area contributed by atoms with Crippen molar-refractivity contribution in [2.45, 2.75) is 25.9 Å². The maximum Gasteiger partial charge on any atom is 0.0826 e. The molecule has 0 radical (unpaired) electrons. The van der Waals surface area contributed by atoms with Crippen LogP contribution in [-0.4, -0.2) is 50.3 Å². The van der Waals surface area contributed by atoms with Gasteiger partial charge in [0.05, 0.1) is 30.8 Å². The Morgan fingerprint density at radius 1 is 1.50 bits per heavy atom. The summed E-state index contributed by atoms with van der Waals surface area (Å²) in [5.41, 5.74) is 0. The van der Waals surface area contributed by atoms with Crippen molar-refractivity contribution >= 4 is 0 Å². The molecule has 18 heavy (non-hydrogen) atoms. The van der Waals surface area contributed by atoms with E-state index in [9.17, 15) is 0 Å².